The van der Waals surface area contributed by atoms with Gasteiger partial charge in [0, 0.05) is 11.5 Å². The van der Waals surface area contributed by atoms with Crippen LogP contribution in [0, 0.1) is 0 Å². The van der Waals surface area contributed by atoms with Crippen molar-refractivity contribution in [1.82, 2.24) is 10.2 Å². The molecule has 0 bridgehead atoms. The first-order valence-electron chi connectivity index (χ1n) is 5.06. The number of nitrogens with one attached hydrogen (secondary N) is 1. The first-order valence-corrected chi connectivity index (χ1v) is 6.59. The van der Waals surface area contributed by atoms with Gasteiger partial charge in [0.15, 0.2) is 0 Å². The van der Waals surface area contributed by atoms with Crippen LogP contribution in [0.2, 0.25) is 0 Å². The van der Waals surface area contributed by atoms with Crippen LogP contribution < -0.4 is 5.32 Å². The molecule has 0 aliphatic carbocycles. The van der Waals surface area contributed by atoms with Crippen molar-refractivity contribution in [3.05, 3.63) is 0 Å². The number of likely N-dealkylation sites (tertiary alicyclic amines) is 1. The van der Waals surface area contributed by atoms with Crippen molar-refractivity contribution in [2.75, 3.05) is 18.0 Å². The molecule has 0 aromatic heterocycles. The lowest BCUT2D eigenvalue weighted by Crippen LogP contribution is -2.64. The molecule has 98 valence electrons. The number of halogens is 1. The fourth-order valence-corrected chi connectivity index (χ4v) is 2.73. The SMILES string of the molecule is CNC(=O)C(=O)N1C[C@H](O)[C@@H](O)[C@H](O)[C@H]1CI. The molecule has 0 saturated carbocycles. The second-order valence-corrected chi connectivity index (χ2v) is 4.69. The molecule has 1 aliphatic rings. The zero-order valence-electron chi connectivity index (χ0n) is 9.21. The Morgan fingerprint density at radius 3 is 2.41 bits per heavy atom. The molecule has 1 saturated heterocycles. The zero-order chi connectivity index (χ0) is 13.2. The Hall–Kier alpha value is -0.450. The van der Waals surface area contributed by atoms with Crippen molar-refractivity contribution in [2.24, 2.45) is 0 Å². The summed E-state index contributed by atoms with van der Waals surface area (Å²) >= 11 is 1.94. The predicted molar refractivity (Wildman–Crippen MR) is 66.5 cm³/mol. The minimum atomic E-state index is -1.30. The number of alkyl halides is 1. The summed E-state index contributed by atoms with van der Waals surface area (Å²) in [7, 11) is 1.32. The van der Waals surface area contributed by atoms with Gasteiger partial charge in [0.25, 0.3) is 0 Å². The van der Waals surface area contributed by atoms with Gasteiger partial charge in [-0.05, 0) is 0 Å². The highest BCUT2D eigenvalue weighted by molar-refractivity contribution is 14.1. The third-order valence-electron chi connectivity index (χ3n) is 2.76. The van der Waals surface area contributed by atoms with Crippen molar-refractivity contribution in [3.63, 3.8) is 0 Å². The fourth-order valence-electron chi connectivity index (χ4n) is 1.73. The molecule has 1 fully saturated rings. The summed E-state index contributed by atoms with van der Waals surface area (Å²) in [6.45, 7) is -0.169. The molecular formula is C9H15IN2O5. The van der Waals surface area contributed by atoms with Crippen LogP contribution in [0.3, 0.4) is 0 Å². The second kappa shape index (κ2) is 5.94. The number of piperidine rings is 1. The van der Waals surface area contributed by atoms with Gasteiger partial charge in [-0.1, -0.05) is 22.6 Å². The van der Waals surface area contributed by atoms with Crippen molar-refractivity contribution in [1.29, 1.82) is 0 Å². The van der Waals surface area contributed by atoms with E-state index in [9.17, 15) is 24.9 Å². The first kappa shape index (κ1) is 14.6. The van der Waals surface area contributed by atoms with Gasteiger partial charge in [-0.15, -0.1) is 0 Å². The zero-order valence-corrected chi connectivity index (χ0v) is 11.4. The van der Waals surface area contributed by atoms with Gasteiger partial charge in [-0.2, -0.15) is 0 Å². The van der Waals surface area contributed by atoms with Crippen LogP contribution in [0.15, 0.2) is 0 Å². The van der Waals surface area contributed by atoms with Crippen LogP contribution >= 0.6 is 22.6 Å². The molecule has 7 nitrogen and oxygen atoms in total. The lowest BCUT2D eigenvalue weighted by molar-refractivity contribution is -0.164. The van der Waals surface area contributed by atoms with Crippen LogP contribution in [-0.2, 0) is 9.59 Å². The van der Waals surface area contributed by atoms with E-state index in [-0.39, 0.29) is 6.54 Å². The summed E-state index contributed by atoms with van der Waals surface area (Å²) in [5, 5.41) is 30.9. The Morgan fingerprint density at radius 1 is 1.35 bits per heavy atom. The van der Waals surface area contributed by atoms with E-state index in [0.29, 0.717) is 4.43 Å². The highest BCUT2D eigenvalue weighted by atomic mass is 127. The number of carbonyl (C=O) groups excluding carboxylic acids is 2. The van der Waals surface area contributed by atoms with Crippen molar-refractivity contribution >= 4 is 34.4 Å². The summed E-state index contributed by atoms with van der Waals surface area (Å²) in [4.78, 5) is 24.0. The number of nitrogens with zero attached hydrogens (tertiary/aromatic N) is 1. The number of aliphatic hydroxyl groups is 3. The Labute approximate surface area is 112 Å². The first-order chi connectivity index (χ1) is 7.93. The molecule has 8 heteroatoms. The number of carbonyl (C=O) groups is 2. The molecule has 4 atom stereocenters. The standard InChI is InChI=1S/C9H15IN2O5/c1-11-8(16)9(17)12-3-5(13)7(15)6(14)4(12)2-10/h4-7,13-15H,2-3H2,1H3,(H,11,16)/t4-,5+,6-,7-/m1/s1. The summed E-state index contributed by atoms with van der Waals surface area (Å²) in [5.41, 5.74) is 0. The van der Waals surface area contributed by atoms with E-state index in [4.69, 9.17) is 0 Å². The van der Waals surface area contributed by atoms with Gasteiger partial charge in [0.2, 0.25) is 0 Å². The fraction of sp³-hybridized carbons (Fsp3) is 0.778. The van der Waals surface area contributed by atoms with E-state index in [1.165, 1.54) is 7.05 Å². The molecule has 1 heterocycles. The lowest BCUT2D eigenvalue weighted by atomic mass is 9.95. The maximum Gasteiger partial charge on any atom is 0.312 e. The molecule has 0 radical (unpaired) electrons. The number of aliphatic hydroxyl groups excluding tert-OH is 3. The molecule has 4 N–H and O–H groups in total. The average Bonchev–Trinajstić information content (AvgIpc) is 2.33. The predicted octanol–water partition coefficient (Wildman–Crippen LogP) is -2.54. The summed E-state index contributed by atoms with van der Waals surface area (Å²) in [5.74, 6) is -1.63. The molecule has 1 aliphatic heterocycles. The van der Waals surface area contributed by atoms with E-state index in [1.807, 2.05) is 22.6 Å². The average molecular weight is 358 g/mol. The number of rotatable bonds is 1. The molecule has 0 aromatic carbocycles. The van der Waals surface area contributed by atoms with Gasteiger partial charge in [-0.3, -0.25) is 9.59 Å². The smallest absolute Gasteiger partial charge is 0.312 e. The summed E-state index contributed by atoms with van der Waals surface area (Å²) < 4.78 is 0.353. The monoisotopic (exact) mass is 358 g/mol. The second-order valence-electron chi connectivity index (χ2n) is 3.81. The number of hydrogen-bond donors (Lipinski definition) is 4. The molecule has 17 heavy (non-hydrogen) atoms. The Morgan fingerprint density at radius 2 is 1.94 bits per heavy atom. The van der Waals surface area contributed by atoms with Crippen LogP contribution in [-0.4, -0.2) is 74.4 Å². The lowest BCUT2D eigenvalue weighted by Gasteiger charge is -2.42. The molecular weight excluding hydrogens is 343 g/mol. The van der Waals surface area contributed by atoms with Gasteiger partial charge < -0.3 is 25.5 Å². The number of likely N-dealkylation sites (N-methyl/N-ethyl adjacent to an activating group) is 1. The summed E-state index contributed by atoms with van der Waals surface area (Å²) in [6.07, 6.45) is -3.81. The Bertz CT molecular complexity index is 314. The van der Waals surface area contributed by atoms with Crippen LogP contribution in [0.1, 0.15) is 0 Å². The number of β-amino-alcohol motifs (C(OH)–C–C–N with tert-alkyl or cyclic N) is 1. The maximum atomic E-state index is 11.7. The van der Waals surface area contributed by atoms with E-state index in [0.717, 1.165) is 4.90 Å². The highest BCUT2D eigenvalue weighted by Crippen LogP contribution is 2.20. The van der Waals surface area contributed by atoms with Crippen LogP contribution in [0.4, 0.5) is 0 Å². The van der Waals surface area contributed by atoms with E-state index in [2.05, 4.69) is 5.32 Å². The highest BCUT2D eigenvalue weighted by Gasteiger charge is 2.43. The quantitative estimate of drug-likeness (QED) is 0.235. The maximum absolute atomic E-state index is 11.7. The van der Waals surface area contributed by atoms with E-state index >= 15 is 0 Å². The normalized spacial score (nSPS) is 33.4. The van der Waals surface area contributed by atoms with Gasteiger partial charge >= 0.3 is 11.8 Å². The van der Waals surface area contributed by atoms with Gasteiger partial charge in [0.1, 0.15) is 18.3 Å². The van der Waals surface area contributed by atoms with Crippen molar-refractivity contribution in [2.45, 2.75) is 24.4 Å². The molecule has 1 rings (SSSR count). The van der Waals surface area contributed by atoms with E-state index < -0.39 is 36.2 Å². The molecule has 0 aromatic rings. The molecule has 2 amide bonds. The Kier molecular flexibility index (Phi) is 5.10. The largest absolute Gasteiger partial charge is 0.388 e. The topological polar surface area (TPSA) is 110 Å². The minimum absolute atomic E-state index is 0.169. The summed E-state index contributed by atoms with van der Waals surface area (Å²) in [6, 6.07) is -0.682. The van der Waals surface area contributed by atoms with Crippen molar-refractivity contribution < 1.29 is 24.9 Å². The molecule has 0 unspecified atom stereocenters. The third-order valence-corrected chi connectivity index (χ3v) is 3.67. The van der Waals surface area contributed by atoms with Gasteiger partial charge in [0.05, 0.1) is 12.6 Å². The Balaban J connectivity index is 2.89. The minimum Gasteiger partial charge on any atom is -0.388 e. The molecule has 0 spiro atoms. The van der Waals surface area contributed by atoms with Crippen molar-refractivity contribution in [3.8, 4) is 0 Å². The van der Waals surface area contributed by atoms with E-state index in [1.54, 1.807) is 0 Å². The number of amides is 2. The third kappa shape index (κ3) is 2.87. The van der Waals surface area contributed by atoms with Crippen LogP contribution in [0.25, 0.3) is 0 Å². The van der Waals surface area contributed by atoms with Gasteiger partial charge in [-0.25, -0.2) is 0 Å². The number of hydrogen-bond acceptors (Lipinski definition) is 5. The van der Waals surface area contributed by atoms with Crippen LogP contribution in [0.5, 0.6) is 0 Å².